The number of aromatic nitrogens is 1. The number of rotatable bonds is 2. The van der Waals surface area contributed by atoms with Crippen LogP contribution in [0.5, 0.6) is 0 Å². The highest BCUT2D eigenvalue weighted by Gasteiger charge is 2.35. The Morgan fingerprint density at radius 1 is 1.41 bits per heavy atom. The summed E-state index contributed by atoms with van der Waals surface area (Å²) in [5.74, 6) is -1.09. The summed E-state index contributed by atoms with van der Waals surface area (Å²) in [6.45, 7) is 4.68. The lowest BCUT2D eigenvalue weighted by atomic mass is 10.0. The number of hydrogen-bond donors (Lipinski definition) is 1. The average molecular weight is 246 g/mol. The molecule has 94 valence electrons. The van der Waals surface area contributed by atoms with Crippen LogP contribution in [0.15, 0.2) is 12.3 Å². The van der Waals surface area contributed by atoms with Crippen LogP contribution < -0.4 is 5.32 Å². The lowest BCUT2D eigenvalue weighted by Crippen LogP contribution is -2.16. The minimum Gasteiger partial charge on any atom is -0.310 e. The van der Waals surface area contributed by atoms with E-state index in [-0.39, 0.29) is 5.92 Å². The van der Waals surface area contributed by atoms with Gasteiger partial charge in [-0.25, -0.2) is 4.98 Å². The summed E-state index contributed by atoms with van der Waals surface area (Å²) in [7, 11) is 0. The summed E-state index contributed by atoms with van der Waals surface area (Å²) in [6.07, 6.45) is -3.19. The van der Waals surface area contributed by atoms with Gasteiger partial charge in [0.25, 0.3) is 0 Å². The van der Waals surface area contributed by atoms with E-state index in [0.717, 1.165) is 13.0 Å². The van der Waals surface area contributed by atoms with Crippen LogP contribution in [0.4, 0.5) is 19.0 Å². The Morgan fingerprint density at radius 2 is 2.00 bits per heavy atom. The molecule has 3 nitrogen and oxygen atoms in total. The number of amides is 1. The summed E-state index contributed by atoms with van der Waals surface area (Å²) in [5.41, 5.74) is -0.440. The molecule has 0 spiro atoms. The third-order valence-corrected chi connectivity index (χ3v) is 2.18. The topological polar surface area (TPSA) is 42.0 Å². The average Bonchev–Trinajstić information content (AvgIpc) is 2.15. The molecule has 1 rings (SSSR count). The van der Waals surface area contributed by atoms with Gasteiger partial charge in [0.1, 0.15) is 5.82 Å². The third-order valence-electron chi connectivity index (χ3n) is 2.18. The zero-order chi connectivity index (χ0) is 13.2. The fourth-order valence-electron chi connectivity index (χ4n) is 1.28. The van der Waals surface area contributed by atoms with Crippen molar-refractivity contribution in [3.8, 4) is 0 Å². The van der Waals surface area contributed by atoms with Crippen molar-refractivity contribution in [3.05, 3.63) is 23.4 Å². The summed E-state index contributed by atoms with van der Waals surface area (Å²) in [4.78, 5) is 14.4. The molecule has 1 aromatic rings. The minimum absolute atomic E-state index is 0.0602. The van der Waals surface area contributed by atoms with Gasteiger partial charge >= 0.3 is 6.18 Å². The molecule has 0 atom stereocenters. The Bertz CT molecular complexity index is 427. The number of halogens is 3. The van der Waals surface area contributed by atoms with Crippen molar-refractivity contribution in [1.82, 2.24) is 4.98 Å². The van der Waals surface area contributed by atoms with Crippen molar-refractivity contribution >= 4 is 11.7 Å². The smallest absolute Gasteiger partial charge is 0.310 e. The molecule has 1 amide bonds. The molecule has 0 saturated carbocycles. The van der Waals surface area contributed by atoms with E-state index in [0.29, 0.717) is 5.56 Å². The molecular formula is C11H13F3N2O. The maximum absolute atomic E-state index is 12.8. The van der Waals surface area contributed by atoms with Gasteiger partial charge in [-0.1, -0.05) is 13.8 Å². The van der Waals surface area contributed by atoms with E-state index in [1.54, 1.807) is 13.8 Å². The summed E-state index contributed by atoms with van der Waals surface area (Å²) < 4.78 is 38.3. The first-order valence-corrected chi connectivity index (χ1v) is 5.06. The Kier molecular flexibility index (Phi) is 3.75. The van der Waals surface area contributed by atoms with Crippen LogP contribution in [-0.4, -0.2) is 10.9 Å². The molecule has 1 aromatic heterocycles. The number of alkyl halides is 3. The van der Waals surface area contributed by atoms with Crippen molar-refractivity contribution in [3.63, 3.8) is 0 Å². The van der Waals surface area contributed by atoms with Crippen molar-refractivity contribution in [1.29, 1.82) is 0 Å². The first-order valence-electron chi connectivity index (χ1n) is 5.06. The molecule has 1 N–H and O–H groups in total. The molecule has 1 heterocycles. The fourth-order valence-corrected chi connectivity index (χ4v) is 1.28. The Morgan fingerprint density at radius 3 is 2.41 bits per heavy atom. The molecular weight excluding hydrogens is 233 g/mol. The first-order chi connectivity index (χ1) is 7.71. The van der Waals surface area contributed by atoms with Gasteiger partial charge in [-0.2, -0.15) is 13.2 Å². The summed E-state index contributed by atoms with van der Waals surface area (Å²) >= 11 is 0. The normalized spacial score (nSPS) is 11.7. The Balaban J connectivity index is 3.27. The van der Waals surface area contributed by atoms with Gasteiger partial charge in [-0.3, -0.25) is 4.79 Å². The van der Waals surface area contributed by atoms with E-state index in [2.05, 4.69) is 10.3 Å². The zero-order valence-corrected chi connectivity index (χ0v) is 9.72. The van der Waals surface area contributed by atoms with Crippen LogP contribution in [-0.2, 0) is 11.0 Å². The van der Waals surface area contributed by atoms with E-state index in [4.69, 9.17) is 0 Å². The molecule has 0 saturated heterocycles. The van der Waals surface area contributed by atoms with Gasteiger partial charge in [0, 0.05) is 13.1 Å². The second-order valence-electron chi connectivity index (χ2n) is 4.00. The van der Waals surface area contributed by atoms with Crippen molar-refractivity contribution in [2.24, 2.45) is 0 Å². The fraction of sp³-hybridized carbons (Fsp3) is 0.455. The molecule has 0 aromatic carbocycles. The van der Waals surface area contributed by atoms with Crippen LogP contribution in [0, 0.1) is 0 Å². The predicted octanol–water partition coefficient (Wildman–Crippen LogP) is 3.18. The van der Waals surface area contributed by atoms with Crippen LogP contribution in [0.25, 0.3) is 0 Å². The molecule has 17 heavy (non-hydrogen) atoms. The lowest BCUT2D eigenvalue weighted by molar-refractivity contribution is -0.137. The monoisotopic (exact) mass is 246 g/mol. The van der Waals surface area contributed by atoms with E-state index < -0.39 is 23.5 Å². The van der Waals surface area contributed by atoms with Gasteiger partial charge in [0.2, 0.25) is 5.91 Å². The number of hydrogen-bond acceptors (Lipinski definition) is 2. The standard InChI is InChI=1S/C11H13F3N2O/c1-6(2)8-4-9(11(12,13)14)10(15-5-8)16-7(3)17/h4-6H,1-3H3,(H,15,16,17). The first kappa shape index (κ1) is 13.5. The van der Waals surface area contributed by atoms with E-state index in [1.165, 1.54) is 6.20 Å². The second-order valence-corrected chi connectivity index (χ2v) is 4.00. The van der Waals surface area contributed by atoms with Crippen molar-refractivity contribution in [2.75, 3.05) is 5.32 Å². The molecule has 0 unspecified atom stereocenters. The van der Waals surface area contributed by atoms with E-state index in [9.17, 15) is 18.0 Å². The molecule has 0 aliphatic carbocycles. The van der Waals surface area contributed by atoms with Crippen LogP contribution >= 0.6 is 0 Å². The van der Waals surface area contributed by atoms with Crippen molar-refractivity contribution in [2.45, 2.75) is 32.9 Å². The predicted molar refractivity (Wildman–Crippen MR) is 57.6 cm³/mol. The van der Waals surface area contributed by atoms with Gasteiger partial charge in [0.15, 0.2) is 0 Å². The molecule has 0 aliphatic heterocycles. The van der Waals surface area contributed by atoms with Crippen LogP contribution in [0.3, 0.4) is 0 Å². The Labute approximate surface area is 97.0 Å². The quantitative estimate of drug-likeness (QED) is 0.870. The SMILES string of the molecule is CC(=O)Nc1ncc(C(C)C)cc1C(F)(F)F. The second kappa shape index (κ2) is 4.73. The number of carbonyl (C=O) groups excluding carboxylic acids is 1. The number of pyridine rings is 1. The number of nitrogens with one attached hydrogen (secondary N) is 1. The lowest BCUT2D eigenvalue weighted by Gasteiger charge is -2.14. The third kappa shape index (κ3) is 3.44. The van der Waals surface area contributed by atoms with Gasteiger partial charge in [-0.05, 0) is 17.5 Å². The molecule has 0 aliphatic rings. The highest BCUT2D eigenvalue weighted by atomic mass is 19.4. The molecule has 0 bridgehead atoms. The van der Waals surface area contributed by atoms with Crippen LogP contribution in [0.1, 0.15) is 37.8 Å². The molecule has 0 radical (unpaired) electrons. The van der Waals surface area contributed by atoms with Gasteiger partial charge in [-0.15, -0.1) is 0 Å². The van der Waals surface area contributed by atoms with E-state index >= 15 is 0 Å². The molecule has 0 fully saturated rings. The minimum atomic E-state index is -4.53. The Hall–Kier alpha value is -1.59. The number of anilines is 1. The van der Waals surface area contributed by atoms with Crippen LogP contribution in [0.2, 0.25) is 0 Å². The van der Waals surface area contributed by atoms with Gasteiger partial charge in [0.05, 0.1) is 5.56 Å². The summed E-state index contributed by atoms with van der Waals surface area (Å²) in [5, 5.41) is 2.08. The maximum Gasteiger partial charge on any atom is 0.419 e. The highest BCUT2D eigenvalue weighted by molar-refractivity contribution is 5.88. The highest BCUT2D eigenvalue weighted by Crippen LogP contribution is 2.35. The van der Waals surface area contributed by atoms with E-state index in [1.807, 2.05) is 0 Å². The maximum atomic E-state index is 12.8. The summed E-state index contributed by atoms with van der Waals surface area (Å²) in [6, 6.07) is 1.02. The van der Waals surface area contributed by atoms with Gasteiger partial charge < -0.3 is 5.32 Å². The number of carbonyl (C=O) groups is 1. The zero-order valence-electron chi connectivity index (χ0n) is 9.72. The molecule has 6 heteroatoms. The largest absolute Gasteiger partial charge is 0.419 e. The van der Waals surface area contributed by atoms with Crippen molar-refractivity contribution < 1.29 is 18.0 Å². The number of nitrogens with zero attached hydrogens (tertiary/aromatic N) is 1.